The van der Waals surface area contributed by atoms with Gasteiger partial charge in [-0.15, -0.1) is 0 Å². The summed E-state index contributed by atoms with van der Waals surface area (Å²) in [4.78, 5) is 6.42. The van der Waals surface area contributed by atoms with Crippen molar-refractivity contribution in [3.8, 4) is 0 Å². The van der Waals surface area contributed by atoms with Crippen LogP contribution in [0.25, 0.3) is 0 Å². The minimum atomic E-state index is 0.694. The summed E-state index contributed by atoms with van der Waals surface area (Å²) >= 11 is 0. The van der Waals surface area contributed by atoms with Gasteiger partial charge in [0.05, 0.1) is 12.9 Å². The van der Waals surface area contributed by atoms with Gasteiger partial charge in [-0.05, 0) is 6.42 Å². The molecule has 0 N–H and O–H groups in total. The van der Waals surface area contributed by atoms with E-state index in [-0.39, 0.29) is 0 Å². The normalized spacial score (nSPS) is 24.2. The molecule has 2 nitrogen and oxygen atoms in total. The second-order valence-corrected chi connectivity index (χ2v) is 2.94. The number of likely N-dealkylation sites (N-methyl/N-ethyl adjacent to an activating group) is 1. The summed E-state index contributed by atoms with van der Waals surface area (Å²) in [5.41, 5.74) is 0. The van der Waals surface area contributed by atoms with Crippen molar-refractivity contribution < 1.29 is 0 Å². The van der Waals surface area contributed by atoms with E-state index in [0.717, 1.165) is 6.54 Å². The number of aliphatic imine (C=N–C) groups is 1. The Morgan fingerprint density at radius 3 is 3.00 bits per heavy atom. The van der Waals surface area contributed by atoms with E-state index >= 15 is 0 Å². The van der Waals surface area contributed by atoms with Gasteiger partial charge in [0.15, 0.2) is 0 Å². The molecule has 0 amide bonds. The van der Waals surface area contributed by atoms with Crippen molar-refractivity contribution in [3.63, 3.8) is 0 Å². The van der Waals surface area contributed by atoms with Gasteiger partial charge in [0.25, 0.3) is 0 Å². The van der Waals surface area contributed by atoms with Gasteiger partial charge in [-0.3, -0.25) is 4.99 Å². The van der Waals surface area contributed by atoms with Crippen molar-refractivity contribution in [1.82, 2.24) is 4.90 Å². The molecule has 0 spiro atoms. The monoisotopic (exact) mass is 140 g/mol. The van der Waals surface area contributed by atoms with E-state index < -0.39 is 0 Å². The summed E-state index contributed by atoms with van der Waals surface area (Å²) in [6.07, 6.45) is 5.87. The molecule has 0 aromatic rings. The van der Waals surface area contributed by atoms with Crippen molar-refractivity contribution in [2.24, 2.45) is 4.99 Å². The fourth-order valence-corrected chi connectivity index (χ4v) is 1.26. The van der Waals surface area contributed by atoms with E-state index in [9.17, 15) is 0 Å². The third kappa shape index (κ3) is 1.72. The van der Waals surface area contributed by atoms with Gasteiger partial charge in [0.1, 0.15) is 0 Å². The molecule has 1 unspecified atom stereocenters. The van der Waals surface area contributed by atoms with Crippen LogP contribution in [0, 0.1) is 0 Å². The Hall–Kier alpha value is -0.530. The van der Waals surface area contributed by atoms with E-state index in [1.165, 1.54) is 19.3 Å². The van der Waals surface area contributed by atoms with E-state index in [0.29, 0.717) is 6.04 Å². The predicted molar refractivity (Wildman–Crippen MR) is 44.4 cm³/mol. The molecule has 1 aliphatic rings. The topological polar surface area (TPSA) is 15.6 Å². The maximum atomic E-state index is 4.20. The van der Waals surface area contributed by atoms with Gasteiger partial charge in [-0.2, -0.15) is 0 Å². The molecular weight excluding hydrogens is 124 g/mol. The Morgan fingerprint density at radius 1 is 1.70 bits per heavy atom. The van der Waals surface area contributed by atoms with Crippen molar-refractivity contribution in [2.75, 3.05) is 13.6 Å². The van der Waals surface area contributed by atoms with Gasteiger partial charge in [0.2, 0.25) is 0 Å². The molecule has 0 fully saturated rings. The van der Waals surface area contributed by atoms with Crippen LogP contribution in [-0.4, -0.2) is 30.9 Å². The number of unbranched alkanes of at least 4 members (excludes halogenated alkanes) is 1. The summed E-state index contributed by atoms with van der Waals surface area (Å²) in [7, 11) is 2.11. The summed E-state index contributed by atoms with van der Waals surface area (Å²) in [5.74, 6) is 0. The molecular formula is C8H16N2. The van der Waals surface area contributed by atoms with Crippen LogP contribution in [-0.2, 0) is 0 Å². The van der Waals surface area contributed by atoms with Gasteiger partial charge >= 0.3 is 0 Å². The Kier molecular flexibility index (Phi) is 2.72. The second kappa shape index (κ2) is 3.59. The molecule has 0 saturated heterocycles. The van der Waals surface area contributed by atoms with Crippen molar-refractivity contribution in [3.05, 3.63) is 0 Å². The lowest BCUT2D eigenvalue weighted by Gasteiger charge is -2.17. The van der Waals surface area contributed by atoms with Crippen LogP contribution in [0.4, 0.5) is 0 Å². The zero-order valence-corrected chi connectivity index (χ0v) is 6.88. The zero-order chi connectivity index (χ0) is 7.40. The van der Waals surface area contributed by atoms with Crippen LogP contribution in [0.1, 0.15) is 26.2 Å². The summed E-state index contributed by atoms with van der Waals surface area (Å²) in [6, 6.07) is 0.694. The molecule has 2 heteroatoms. The van der Waals surface area contributed by atoms with Gasteiger partial charge in [0, 0.05) is 13.1 Å². The highest BCUT2D eigenvalue weighted by molar-refractivity contribution is 5.57. The van der Waals surface area contributed by atoms with E-state index in [1.807, 2.05) is 6.34 Å². The Morgan fingerprint density at radius 2 is 2.50 bits per heavy atom. The van der Waals surface area contributed by atoms with Crippen LogP contribution >= 0.6 is 0 Å². The summed E-state index contributed by atoms with van der Waals surface area (Å²) in [6.45, 7) is 3.24. The first kappa shape index (κ1) is 7.58. The molecule has 1 rings (SSSR count). The number of nitrogens with zero attached hydrogens (tertiary/aromatic N) is 2. The molecule has 1 aliphatic heterocycles. The highest BCUT2D eigenvalue weighted by Gasteiger charge is 2.14. The average molecular weight is 140 g/mol. The third-order valence-corrected chi connectivity index (χ3v) is 2.05. The lowest BCUT2D eigenvalue weighted by Crippen LogP contribution is -2.27. The maximum Gasteiger partial charge on any atom is 0.0851 e. The molecule has 1 atom stereocenters. The fraction of sp³-hybridized carbons (Fsp3) is 0.875. The standard InChI is InChI=1S/C8H16N2/c1-3-4-5-8-6-9-7-10(8)2/h7-8H,3-6H2,1-2H3. The number of hydrogen-bond acceptors (Lipinski definition) is 2. The Bertz CT molecular complexity index is 120. The minimum Gasteiger partial charge on any atom is -0.361 e. The largest absolute Gasteiger partial charge is 0.361 e. The maximum absolute atomic E-state index is 4.20. The van der Waals surface area contributed by atoms with Gasteiger partial charge in [-0.1, -0.05) is 19.8 Å². The Balaban J connectivity index is 2.17. The quantitative estimate of drug-likeness (QED) is 0.580. The molecule has 0 bridgehead atoms. The molecule has 58 valence electrons. The highest BCUT2D eigenvalue weighted by Crippen LogP contribution is 2.09. The predicted octanol–water partition coefficient (Wildman–Crippen LogP) is 1.52. The second-order valence-electron chi connectivity index (χ2n) is 2.94. The molecule has 0 aliphatic carbocycles. The van der Waals surface area contributed by atoms with E-state index in [2.05, 4.69) is 23.9 Å². The SMILES string of the molecule is CCCCC1CN=CN1C. The third-order valence-electron chi connectivity index (χ3n) is 2.05. The molecule has 0 saturated carbocycles. The van der Waals surface area contributed by atoms with Crippen LogP contribution in [0.2, 0.25) is 0 Å². The first-order valence-corrected chi connectivity index (χ1v) is 4.06. The first-order chi connectivity index (χ1) is 4.84. The molecule has 10 heavy (non-hydrogen) atoms. The Labute approximate surface area is 62.9 Å². The average Bonchev–Trinajstić information content (AvgIpc) is 2.31. The smallest absolute Gasteiger partial charge is 0.0851 e. The lowest BCUT2D eigenvalue weighted by molar-refractivity contribution is 0.379. The zero-order valence-electron chi connectivity index (χ0n) is 6.88. The van der Waals surface area contributed by atoms with Crippen LogP contribution in [0.15, 0.2) is 4.99 Å². The molecule has 0 aromatic carbocycles. The number of rotatable bonds is 3. The van der Waals surface area contributed by atoms with Crippen molar-refractivity contribution in [2.45, 2.75) is 32.2 Å². The first-order valence-electron chi connectivity index (χ1n) is 4.06. The van der Waals surface area contributed by atoms with Gasteiger partial charge < -0.3 is 4.90 Å². The van der Waals surface area contributed by atoms with Crippen LogP contribution in [0.5, 0.6) is 0 Å². The van der Waals surface area contributed by atoms with Crippen molar-refractivity contribution in [1.29, 1.82) is 0 Å². The van der Waals surface area contributed by atoms with E-state index in [4.69, 9.17) is 0 Å². The fourth-order valence-electron chi connectivity index (χ4n) is 1.26. The summed E-state index contributed by atoms with van der Waals surface area (Å²) < 4.78 is 0. The molecule has 0 aromatic heterocycles. The van der Waals surface area contributed by atoms with Crippen LogP contribution < -0.4 is 0 Å². The lowest BCUT2D eigenvalue weighted by atomic mass is 10.1. The molecule has 1 heterocycles. The van der Waals surface area contributed by atoms with Gasteiger partial charge in [-0.25, -0.2) is 0 Å². The van der Waals surface area contributed by atoms with E-state index in [1.54, 1.807) is 0 Å². The van der Waals surface area contributed by atoms with Crippen LogP contribution in [0.3, 0.4) is 0 Å². The van der Waals surface area contributed by atoms with Crippen molar-refractivity contribution >= 4 is 6.34 Å². The summed E-state index contributed by atoms with van der Waals surface area (Å²) in [5, 5.41) is 0. The number of hydrogen-bond donors (Lipinski definition) is 0. The highest BCUT2D eigenvalue weighted by atomic mass is 15.2. The molecule has 0 radical (unpaired) electrons. The minimum absolute atomic E-state index is 0.694.